The first-order valence-corrected chi connectivity index (χ1v) is 5.75. The van der Waals surface area contributed by atoms with Gasteiger partial charge in [0.2, 0.25) is 0 Å². The number of aliphatic hydroxyl groups is 1. The summed E-state index contributed by atoms with van der Waals surface area (Å²) in [6.07, 6.45) is 1.95. The van der Waals surface area contributed by atoms with Gasteiger partial charge in [0.15, 0.2) is 5.15 Å². The van der Waals surface area contributed by atoms with Gasteiger partial charge in [-0.2, -0.15) is 0 Å². The SMILES string of the molecule is CC(O)Cc1nc(Cl)c2c(Br)cccn12. The summed E-state index contributed by atoms with van der Waals surface area (Å²) in [6.45, 7) is 1.73. The topological polar surface area (TPSA) is 37.5 Å². The molecule has 1 unspecified atom stereocenters. The third-order valence-electron chi connectivity index (χ3n) is 2.12. The first-order valence-electron chi connectivity index (χ1n) is 4.58. The summed E-state index contributed by atoms with van der Waals surface area (Å²) in [6, 6.07) is 3.82. The van der Waals surface area contributed by atoms with Gasteiger partial charge in [0.25, 0.3) is 0 Å². The van der Waals surface area contributed by atoms with E-state index in [1.54, 1.807) is 6.92 Å². The molecule has 3 nitrogen and oxygen atoms in total. The Bertz CT molecular complexity index is 495. The van der Waals surface area contributed by atoms with E-state index >= 15 is 0 Å². The summed E-state index contributed by atoms with van der Waals surface area (Å²) in [5.74, 6) is 0.770. The van der Waals surface area contributed by atoms with E-state index in [0.717, 1.165) is 15.8 Å². The maximum absolute atomic E-state index is 9.34. The molecule has 0 fully saturated rings. The van der Waals surface area contributed by atoms with Gasteiger partial charge in [-0.3, -0.25) is 0 Å². The molecule has 0 aromatic carbocycles. The molecule has 0 radical (unpaired) electrons. The monoisotopic (exact) mass is 288 g/mol. The second-order valence-corrected chi connectivity index (χ2v) is 4.66. The predicted molar refractivity (Wildman–Crippen MR) is 63.3 cm³/mol. The highest BCUT2D eigenvalue weighted by atomic mass is 79.9. The Balaban J connectivity index is 2.63. The Labute approximate surface area is 101 Å². The van der Waals surface area contributed by atoms with Crippen molar-refractivity contribution in [1.82, 2.24) is 9.38 Å². The van der Waals surface area contributed by atoms with Crippen molar-refractivity contribution in [1.29, 1.82) is 0 Å². The van der Waals surface area contributed by atoms with Crippen molar-refractivity contribution < 1.29 is 5.11 Å². The summed E-state index contributed by atoms with van der Waals surface area (Å²) >= 11 is 9.44. The van der Waals surface area contributed by atoms with Crippen LogP contribution in [0, 0.1) is 0 Å². The minimum Gasteiger partial charge on any atom is -0.393 e. The molecule has 1 N–H and O–H groups in total. The van der Waals surface area contributed by atoms with E-state index < -0.39 is 6.10 Å². The highest BCUT2D eigenvalue weighted by molar-refractivity contribution is 9.10. The molecule has 2 rings (SSSR count). The molecular weight excluding hydrogens is 279 g/mol. The summed E-state index contributed by atoms with van der Waals surface area (Å²) < 4.78 is 2.79. The van der Waals surface area contributed by atoms with E-state index in [1.165, 1.54) is 0 Å². The summed E-state index contributed by atoms with van der Waals surface area (Å²) in [5.41, 5.74) is 0.842. The van der Waals surface area contributed by atoms with Gasteiger partial charge in [-0.15, -0.1) is 0 Å². The van der Waals surface area contributed by atoms with E-state index in [4.69, 9.17) is 11.6 Å². The minimum absolute atomic E-state index is 0.425. The number of imidazole rings is 1. The van der Waals surface area contributed by atoms with Gasteiger partial charge in [-0.25, -0.2) is 4.98 Å². The Morgan fingerprint density at radius 2 is 2.40 bits per heavy atom. The lowest BCUT2D eigenvalue weighted by Crippen LogP contribution is -2.07. The van der Waals surface area contributed by atoms with Crippen molar-refractivity contribution in [2.45, 2.75) is 19.4 Å². The number of rotatable bonds is 2. The molecule has 0 bridgehead atoms. The largest absolute Gasteiger partial charge is 0.393 e. The molecule has 80 valence electrons. The number of aliphatic hydroxyl groups excluding tert-OH is 1. The van der Waals surface area contributed by atoms with Gasteiger partial charge in [-0.1, -0.05) is 11.6 Å². The standard InChI is InChI=1S/C10H10BrClN2O/c1-6(15)5-8-13-10(12)9-7(11)3-2-4-14(8)9/h2-4,6,15H,5H2,1H3. The third-order valence-corrected chi connectivity index (χ3v) is 3.03. The van der Waals surface area contributed by atoms with E-state index in [2.05, 4.69) is 20.9 Å². The molecular formula is C10H10BrClN2O. The van der Waals surface area contributed by atoms with E-state index in [-0.39, 0.29) is 0 Å². The van der Waals surface area contributed by atoms with Crippen LogP contribution in [-0.4, -0.2) is 20.6 Å². The van der Waals surface area contributed by atoms with Crippen LogP contribution in [0.1, 0.15) is 12.7 Å². The summed E-state index contributed by atoms with van der Waals surface area (Å²) in [7, 11) is 0. The van der Waals surface area contributed by atoms with E-state index in [9.17, 15) is 5.11 Å². The third kappa shape index (κ3) is 2.02. The van der Waals surface area contributed by atoms with Gasteiger partial charge >= 0.3 is 0 Å². The summed E-state index contributed by atoms with van der Waals surface area (Å²) in [5, 5.41) is 9.79. The number of halogens is 2. The molecule has 0 spiro atoms. The molecule has 0 amide bonds. The average Bonchev–Trinajstić information content (AvgIpc) is 2.44. The zero-order chi connectivity index (χ0) is 11.0. The van der Waals surface area contributed by atoms with Crippen LogP contribution in [0.4, 0.5) is 0 Å². The lowest BCUT2D eigenvalue weighted by Gasteiger charge is -2.03. The maximum Gasteiger partial charge on any atom is 0.156 e. The van der Waals surface area contributed by atoms with Crippen molar-refractivity contribution in [2.75, 3.05) is 0 Å². The van der Waals surface area contributed by atoms with Crippen molar-refractivity contribution in [3.63, 3.8) is 0 Å². The fourth-order valence-corrected chi connectivity index (χ4v) is 2.46. The van der Waals surface area contributed by atoms with Crippen molar-refractivity contribution in [2.24, 2.45) is 0 Å². The fraction of sp³-hybridized carbons (Fsp3) is 0.300. The van der Waals surface area contributed by atoms with Gasteiger partial charge in [0.05, 0.1) is 11.6 Å². The number of nitrogens with zero attached hydrogens (tertiary/aromatic N) is 2. The van der Waals surface area contributed by atoms with Crippen LogP contribution < -0.4 is 0 Å². The molecule has 2 aromatic rings. The molecule has 2 aromatic heterocycles. The van der Waals surface area contributed by atoms with Crippen molar-refractivity contribution in [3.8, 4) is 0 Å². The summed E-state index contributed by atoms with van der Waals surface area (Å²) in [4.78, 5) is 4.23. The highest BCUT2D eigenvalue weighted by Crippen LogP contribution is 2.26. The fourth-order valence-electron chi connectivity index (χ4n) is 1.52. The minimum atomic E-state index is -0.425. The number of hydrogen-bond donors (Lipinski definition) is 1. The Kier molecular flexibility index (Phi) is 3.00. The second kappa shape index (κ2) is 4.12. The number of hydrogen-bond acceptors (Lipinski definition) is 2. The molecule has 0 aliphatic carbocycles. The van der Waals surface area contributed by atoms with Crippen LogP contribution in [0.25, 0.3) is 5.52 Å². The quantitative estimate of drug-likeness (QED) is 0.923. The lowest BCUT2D eigenvalue weighted by atomic mass is 10.3. The van der Waals surface area contributed by atoms with Crippen LogP contribution in [0.5, 0.6) is 0 Å². The number of fused-ring (bicyclic) bond motifs is 1. The second-order valence-electron chi connectivity index (χ2n) is 3.45. The molecule has 15 heavy (non-hydrogen) atoms. The Morgan fingerprint density at radius 1 is 1.67 bits per heavy atom. The highest BCUT2D eigenvalue weighted by Gasteiger charge is 2.12. The van der Waals surface area contributed by atoms with E-state index in [1.807, 2.05) is 22.7 Å². The van der Waals surface area contributed by atoms with Crippen LogP contribution in [-0.2, 0) is 6.42 Å². The average molecular weight is 290 g/mol. The van der Waals surface area contributed by atoms with Gasteiger partial charge in [-0.05, 0) is 35.0 Å². The zero-order valence-electron chi connectivity index (χ0n) is 8.11. The van der Waals surface area contributed by atoms with Crippen LogP contribution in [0.3, 0.4) is 0 Å². The van der Waals surface area contributed by atoms with Crippen molar-refractivity contribution in [3.05, 3.63) is 33.8 Å². The molecule has 5 heteroatoms. The Hall–Kier alpha value is -0.580. The molecule has 0 saturated carbocycles. The number of pyridine rings is 1. The van der Waals surface area contributed by atoms with Crippen LogP contribution >= 0.6 is 27.5 Å². The van der Waals surface area contributed by atoms with Gasteiger partial charge in [0.1, 0.15) is 5.82 Å². The predicted octanol–water partition coefficient (Wildman–Crippen LogP) is 2.67. The molecule has 1 atom stereocenters. The lowest BCUT2D eigenvalue weighted by molar-refractivity contribution is 0.192. The number of aromatic nitrogens is 2. The molecule has 0 aliphatic heterocycles. The molecule has 0 saturated heterocycles. The van der Waals surface area contributed by atoms with Crippen LogP contribution in [0.15, 0.2) is 22.8 Å². The smallest absolute Gasteiger partial charge is 0.156 e. The van der Waals surface area contributed by atoms with Gasteiger partial charge in [0, 0.05) is 17.1 Å². The normalized spacial score (nSPS) is 13.3. The Morgan fingerprint density at radius 3 is 3.07 bits per heavy atom. The zero-order valence-corrected chi connectivity index (χ0v) is 10.5. The molecule has 2 heterocycles. The first-order chi connectivity index (χ1) is 7.09. The maximum atomic E-state index is 9.34. The van der Waals surface area contributed by atoms with Gasteiger partial charge < -0.3 is 9.51 Å². The van der Waals surface area contributed by atoms with E-state index in [0.29, 0.717) is 11.6 Å². The molecule has 0 aliphatic rings. The van der Waals surface area contributed by atoms with Crippen molar-refractivity contribution >= 4 is 33.0 Å². The van der Waals surface area contributed by atoms with Crippen LogP contribution in [0.2, 0.25) is 5.15 Å². The first kappa shape index (κ1) is 10.9.